The largest absolute Gasteiger partial charge is 0.391 e. The third-order valence-electron chi connectivity index (χ3n) is 3.77. The molecule has 0 aliphatic heterocycles. The van der Waals surface area contributed by atoms with E-state index in [1.165, 1.54) is 0 Å². The molecule has 0 unspecified atom stereocenters. The first-order valence-electron chi connectivity index (χ1n) is 6.52. The number of nitrogens with zero attached hydrogens (tertiary/aromatic N) is 2. The summed E-state index contributed by atoms with van der Waals surface area (Å²) in [6, 6.07) is 3.80. The second-order valence-electron chi connectivity index (χ2n) is 5.22. The summed E-state index contributed by atoms with van der Waals surface area (Å²) in [4.78, 5) is 11.3. The second kappa shape index (κ2) is 4.92. The smallest absolute Gasteiger partial charge is 0.348 e. The van der Waals surface area contributed by atoms with Crippen LogP contribution in [0.2, 0.25) is 0 Å². The molecule has 0 amide bonds. The highest BCUT2D eigenvalue weighted by Crippen LogP contribution is 2.48. The van der Waals surface area contributed by atoms with Gasteiger partial charge < -0.3 is 4.98 Å². The maximum Gasteiger partial charge on any atom is 0.391 e. The average Bonchev–Trinajstić information content (AvgIpc) is 2.75. The van der Waals surface area contributed by atoms with Gasteiger partial charge in [-0.05, 0) is 30.5 Å². The SMILES string of the molecule is FC(F)(F)[C@H]1C[C@@H](c2nc(Cc3ccncc3)c[nH]2)C1. The molecule has 106 valence electrons. The van der Waals surface area contributed by atoms with Crippen molar-refractivity contribution in [2.75, 3.05) is 0 Å². The molecule has 2 aromatic heterocycles. The van der Waals surface area contributed by atoms with Gasteiger partial charge >= 0.3 is 6.18 Å². The van der Waals surface area contributed by atoms with E-state index in [-0.39, 0.29) is 18.8 Å². The van der Waals surface area contributed by atoms with Gasteiger partial charge in [0.2, 0.25) is 0 Å². The van der Waals surface area contributed by atoms with Crippen LogP contribution in [0.15, 0.2) is 30.7 Å². The molecule has 0 aromatic carbocycles. The van der Waals surface area contributed by atoms with Crippen molar-refractivity contribution in [3.8, 4) is 0 Å². The van der Waals surface area contributed by atoms with Crippen molar-refractivity contribution < 1.29 is 13.2 Å². The summed E-state index contributed by atoms with van der Waals surface area (Å²) < 4.78 is 37.3. The molecular formula is C14H14F3N3. The van der Waals surface area contributed by atoms with E-state index in [1.807, 2.05) is 12.1 Å². The Kier molecular flexibility index (Phi) is 3.23. The first kappa shape index (κ1) is 13.1. The van der Waals surface area contributed by atoms with Crippen molar-refractivity contribution in [3.63, 3.8) is 0 Å². The molecule has 0 atom stereocenters. The van der Waals surface area contributed by atoms with Crippen molar-refractivity contribution in [1.29, 1.82) is 0 Å². The fourth-order valence-corrected chi connectivity index (χ4v) is 2.49. The van der Waals surface area contributed by atoms with E-state index in [0.29, 0.717) is 12.2 Å². The zero-order chi connectivity index (χ0) is 14.2. The number of aromatic amines is 1. The lowest BCUT2D eigenvalue weighted by atomic mass is 9.74. The van der Waals surface area contributed by atoms with E-state index in [1.54, 1.807) is 18.6 Å². The molecule has 1 fully saturated rings. The Labute approximate surface area is 114 Å². The van der Waals surface area contributed by atoms with Gasteiger partial charge in [0.15, 0.2) is 0 Å². The van der Waals surface area contributed by atoms with E-state index in [0.717, 1.165) is 11.3 Å². The van der Waals surface area contributed by atoms with Gasteiger partial charge in [-0.1, -0.05) is 0 Å². The molecule has 3 nitrogen and oxygen atoms in total. The van der Waals surface area contributed by atoms with Gasteiger partial charge in [0.05, 0.1) is 11.6 Å². The van der Waals surface area contributed by atoms with E-state index in [2.05, 4.69) is 15.0 Å². The first-order chi connectivity index (χ1) is 9.52. The third kappa shape index (κ3) is 2.69. The van der Waals surface area contributed by atoms with Gasteiger partial charge in [-0.3, -0.25) is 4.98 Å². The van der Waals surface area contributed by atoms with E-state index in [9.17, 15) is 13.2 Å². The Balaban J connectivity index is 1.61. The number of halogens is 3. The fourth-order valence-electron chi connectivity index (χ4n) is 2.49. The lowest BCUT2D eigenvalue weighted by molar-refractivity contribution is -0.198. The Morgan fingerprint density at radius 3 is 2.55 bits per heavy atom. The molecule has 2 aromatic rings. The molecule has 0 bridgehead atoms. The first-order valence-corrected chi connectivity index (χ1v) is 6.52. The summed E-state index contributed by atoms with van der Waals surface area (Å²) in [6.07, 6.45) is 2.08. The summed E-state index contributed by atoms with van der Waals surface area (Å²) in [5, 5.41) is 0. The van der Waals surface area contributed by atoms with Crippen LogP contribution in [0, 0.1) is 5.92 Å². The van der Waals surface area contributed by atoms with Gasteiger partial charge in [0.25, 0.3) is 0 Å². The molecule has 0 spiro atoms. The summed E-state index contributed by atoms with van der Waals surface area (Å²) in [5.41, 5.74) is 1.93. The molecule has 1 N–H and O–H groups in total. The van der Waals surface area contributed by atoms with Crippen LogP contribution >= 0.6 is 0 Å². The zero-order valence-electron chi connectivity index (χ0n) is 10.7. The van der Waals surface area contributed by atoms with Crippen molar-refractivity contribution in [2.45, 2.75) is 31.4 Å². The fraction of sp³-hybridized carbons (Fsp3) is 0.429. The number of rotatable bonds is 3. The molecule has 1 aliphatic carbocycles. The summed E-state index contributed by atoms with van der Waals surface area (Å²) >= 11 is 0. The van der Waals surface area contributed by atoms with Crippen LogP contribution in [0.3, 0.4) is 0 Å². The number of hydrogen-bond acceptors (Lipinski definition) is 2. The average molecular weight is 281 g/mol. The number of hydrogen-bond donors (Lipinski definition) is 1. The minimum absolute atomic E-state index is 0.0900. The zero-order valence-corrected chi connectivity index (χ0v) is 10.7. The highest BCUT2D eigenvalue weighted by atomic mass is 19.4. The molecule has 3 rings (SSSR count). The van der Waals surface area contributed by atoms with E-state index in [4.69, 9.17) is 0 Å². The quantitative estimate of drug-likeness (QED) is 0.936. The molecule has 20 heavy (non-hydrogen) atoms. The third-order valence-corrected chi connectivity index (χ3v) is 3.77. The van der Waals surface area contributed by atoms with Gasteiger partial charge in [0.1, 0.15) is 5.82 Å². The molecular weight excluding hydrogens is 267 g/mol. The number of imidazole rings is 1. The molecule has 0 radical (unpaired) electrons. The van der Waals surface area contributed by atoms with Gasteiger partial charge in [-0.15, -0.1) is 0 Å². The van der Waals surface area contributed by atoms with Gasteiger partial charge in [0, 0.05) is 30.9 Å². The lowest BCUT2D eigenvalue weighted by Gasteiger charge is -2.35. The van der Waals surface area contributed by atoms with Crippen LogP contribution in [0.5, 0.6) is 0 Å². The normalized spacial score (nSPS) is 22.6. The minimum atomic E-state index is -4.07. The molecule has 0 saturated heterocycles. The van der Waals surface area contributed by atoms with Crippen LogP contribution in [0.1, 0.15) is 35.8 Å². The standard InChI is InChI=1S/C14H14F3N3/c15-14(16,17)11-6-10(7-11)13-19-8-12(20-13)5-9-1-3-18-4-2-9/h1-4,8,10-11H,5-7H2,(H,19,20)/t10-,11+. The van der Waals surface area contributed by atoms with Crippen LogP contribution in [0.25, 0.3) is 0 Å². The van der Waals surface area contributed by atoms with Gasteiger partial charge in [-0.2, -0.15) is 13.2 Å². The highest BCUT2D eigenvalue weighted by molar-refractivity contribution is 5.19. The van der Waals surface area contributed by atoms with Crippen LogP contribution < -0.4 is 0 Å². The van der Waals surface area contributed by atoms with Crippen LogP contribution in [0.4, 0.5) is 13.2 Å². The topological polar surface area (TPSA) is 41.6 Å². The van der Waals surface area contributed by atoms with Crippen molar-refractivity contribution in [3.05, 3.63) is 47.8 Å². The van der Waals surface area contributed by atoms with Gasteiger partial charge in [-0.25, -0.2) is 4.98 Å². The summed E-state index contributed by atoms with van der Waals surface area (Å²) in [5.74, 6) is -0.580. The number of nitrogens with one attached hydrogen (secondary N) is 1. The molecule has 2 heterocycles. The minimum Gasteiger partial charge on any atom is -0.348 e. The Hall–Kier alpha value is -1.85. The summed E-state index contributed by atoms with van der Waals surface area (Å²) in [7, 11) is 0. The Morgan fingerprint density at radius 1 is 1.20 bits per heavy atom. The van der Waals surface area contributed by atoms with Crippen molar-refractivity contribution in [1.82, 2.24) is 15.0 Å². The maximum absolute atomic E-state index is 12.4. The number of alkyl halides is 3. The highest BCUT2D eigenvalue weighted by Gasteiger charge is 2.48. The maximum atomic E-state index is 12.4. The summed E-state index contributed by atoms with van der Waals surface area (Å²) in [6.45, 7) is 0. The monoisotopic (exact) mass is 281 g/mol. The number of H-pyrrole nitrogens is 1. The molecule has 6 heteroatoms. The number of pyridine rings is 1. The lowest BCUT2D eigenvalue weighted by Crippen LogP contribution is -2.34. The Bertz CT molecular complexity index is 571. The molecule has 1 aliphatic rings. The van der Waals surface area contributed by atoms with Crippen LogP contribution in [-0.2, 0) is 6.42 Å². The van der Waals surface area contributed by atoms with Crippen LogP contribution in [-0.4, -0.2) is 21.1 Å². The predicted octanol–water partition coefficient (Wildman–Crippen LogP) is 3.45. The Morgan fingerprint density at radius 2 is 1.90 bits per heavy atom. The van der Waals surface area contributed by atoms with E-state index >= 15 is 0 Å². The van der Waals surface area contributed by atoms with Crippen molar-refractivity contribution in [2.24, 2.45) is 5.92 Å². The van der Waals surface area contributed by atoms with Crippen molar-refractivity contribution >= 4 is 0 Å². The molecule has 1 saturated carbocycles. The second-order valence-corrected chi connectivity index (χ2v) is 5.22. The predicted molar refractivity (Wildman–Crippen MR) is 67.2 cm³/mol. The number of aromatic nitrogens is 3. The van der Waals surface area contributed by atoms with E-state index < -0.39 is 12.1 Å².